The van der Waals surface area contributed by atoms with Gasteiger partial charge in [0.15, 0.2) is 12.6 Å². The highest BCUT2D eigenvalue weighted by atomic mass is 16.7. The van der Waals surface area contributed by atoms with Gasteiger partial charge in [-0.2, -0.15) is 0 Å². The van der Waals surface area contributed by atoms with Gasteiger partial charge in [0.05, 0.1) is 32.0 Å². The third-order valence-electron chi connectivity index (χ3n) is 11.0. The van der Waals surface area contributed by atoms with Crippen LogP contribution in [0.1, 0.15) is 155 Å². The Morgan fingerprint density at radius 3 is 1.64 bits per heavy atom. The molecule has 0 saturated carbocycles. The summed E-state index contributed by atoms with van der Waals surface area (Å²) in [4.78, 5) is 13.0. The second-order valence-corrected chi connectivity index (χ2v) is 15.8. The molecule has 1 amide bonds. The van der Waals surface area contributed by atoms with Gasteiger partial charge in [0.25, 0.3) is 0 Å². The lowest BCUT2D eigenvalue weighted by Gasteiger charge is -2.46. The molecule has 2 heterocycles. The Balaban J connectivity index is 1.83. The van der Waals surface area contributed by atoms with Gasteiger partial charge in [-0.25, -0.2) is 0 Å². The van der Waals surface area contributed by atoms with E-state index in [0.29, 0.717) is 6.42 Å². The Morgan fingerprint density at radius 2 is 1.11 bits per heavy atom. The van der Waals surface area contributed by atoms with Crippen LogP contribution in [0.15, 0.2) is 12.2 Å². The van der Waals surface area contributed by atoms with Crippen LogP contribution in [-0.4, -0.2) is 140 Å². The van der Waals surface area contributed by atoms with Crippen LogP contribution in [-0.2, 0) is 23.7 Å². The Kier molecular flexibility index (Phi) is 27.9. The average molecular weight is 806 g/mol. The van der Waals surface area contributed by atoms with E-state index in [0.717, 1.165) is 51.4 Å². The molecule has 2 fully saturated rings. The van der Waals surface area contributed by atoms with Crippen molar-refractivity contribution in [3.05, 3.63) is 12.2 Å². The van der Waals surface area contributed by atoms with Crippen LogP contribution >= 0.6 is 0 Å². The maximum absolute atomic E-state index is 13.0. The number of aliphatic hydroxyl groups excluding tert-OH is 8. The van der Waals surface area contributed by atoms with E-state index in [2.05, 4.69) is 19.2 Å². The van der Waals surface area contributed by atoms with Crippen molar-refractivity contribution in [1.29, 1.82) is 0 Å². The van der Waals surface area contributed by atoms with E-state index in [9.17, 15) is 45.6 Å². The summed E-state index contributed by atoms with van der Waals surface area (Å²) in [5.41, 5.74) is 0. The van der Waals surface area contributed by atoms with E-state index in [1.807, 2.05) is 6.08 Å². The maximum Gasteiger partial charge on any atom is 0.220 e. The molecule has 2 aliphatic heterocycles. The van der Waals surface area contributed by atoms with E-state index in [4.69, 9.17) is 18.9 Å². The first-order chi connectivity index (χ1) is 27.1. The minimum absolute atomic E-state index is 0.245. The Bertz CT molecular complexity index is 1000. The minimum atomic E-state index is -1.78. The molecule has 0 aromatic heterocycles. The molecule has 330 valence electrons. The first-order valence-corrected chi connectivity index (χ1v) is 21.9. The van der Waals surface area contributed by atoms with Crippen LogP contribution in [0.3, 0.4) is 0 Å². The third kappa shape index (κ3) is 19.2. The molecule has 0 aromatic rings. The van der Waals surface area contributed by atoms with Crippen LogP contribution < -0.4 is 5.32 Å². The summed E-state index contributed by atoms with van der Waals surface area (Å²) >= 11 is 0. The lowest BCUT2D eigenvalue weighted by Crippen LogP contribution is -2.65. The summed E-state index contributed by atoms with van der Waals surface area (Å²) < 4.78 is 22.5. The summed E-state index contributed by atoms with van der Waals surface area (Å²) in [5.74, 6) is -0.245. The van der Waals surface area contributed by atoms with Gasteiger partial charge in [0.1, 0.15) is 48.8 Å². The highest BCUT2D eigenvalue weighted by molar-refractivity contribution is 5.76. The van der Waals surface area contributed by atoms with E-state index in [-0.39, 0.29) is 18.9 Å². The molecule has 9 N–H and O–H groups in total. The minimum Gasteiger partial charge on any atom is -0.394 e. The van der Waals surface area contributed by atoms with Crippen molar-refractivity contribution < 1.29 is 64.6 Å². The number of nitrogens with one attached hydrogen (secondary N) is 1. The largest absolute Gasteiger partial charge is 0.394 e. The zero-order chi connectivity index (χ0) is 41.1. The van der Waals surface area contributed by atoms with E-state index in [1.165, 1.54) is 77.0 Å². The van der Waals surface area contributed by atoms with Gasteiger partial charge in [-0.05, 0) is 19.3 Å². The Labute approximate surface area is 336 Å². The van der Waals surface area contributed by atoms with Gasteiger partial charge >= 0.3 is 0 Å². The highest BCUT2D eigenvalue weighted by Gasteiger charge is 2.50. The predicted octanol–water partition coefficient (Wildman–Crippen LogP) is 3.65. The predicted molar refractivity (Wildman–Crippen MR) is 212 cm³/mol. The number of hydrogen-bond acceptors (Lipinski definition) is 13. The fourth-order valence-electron chi connectivity index (χ4n) is 7.29. The van der Waals surface area contributed by atoms with Gasteiger partial charge in [0, 0.05) is 6.42 Å². The van der Waals surface area contributed by atoms with Gasteiger partial charge in [-0.1, -0.05) is 142 Å². The monoisotopic (exact) mass is 806 g/mol. The van der Waals surface area contributed by atoms with Crippen molar-refractivity contribution in [2.45, 2.75) is 229 Å². The van der Waals surface area contributed by atoms with Crippen molar-refractivity contribution in [3.63, 3.8) is 0 Å². The first kappa shape index (κ1) is 50.9. The molecule has 0 aromatic carbocycles. The van der Waals surface area contributed by atoms with Crippen molar-refractivity contribution in [2.24, 2.45) is 0 Å². The van der Waals surface area contributed by atoms with Crippen LogP contribution in [0, 0.1) is 0 Å². The first-order valence-electron chi connectivity index (χ1n) is 21.9. The molecule has 12 unspecified atom stereocenters. The number of carbonyl (C=O) groups is 1. The fourth-order valence-corrected chi connectivity index (χ4v) is 7.29. The lowest BCUT2D eigenvalue weighted by atomic mass is 9.97. The van der Waals surface area contributed by atoms with E-state index >= 15 is 0 Å². The molecule has 0 spiro atoms. The molecule has 2 rings (SSSR count). The summed E-state index contributed by atoms with van der Waals surface area (Å²) in [7, 11) is 0. The maximum atomic E-state index is 13.0. The molecule has 56 heavy (non-hydrogen) atoms. The average Bonchev–Trinajstić information content (AvgIpc) is 3.19. The number of aliphatic hydroxyl groups is 8. The molecule has 12 atom stereocenters. The normalized spacial score (nSPS) is 29.5. The molecule has 2 aliphatic rings. The molecule has 2 saturated heterocycles. The standard InChI is InChI=1S/C42H79NO13/c1-3-5-7-9-11-12-13-14-15-16-17-18-19-20-22-24-26-34(47)43-30(31(46)25-23-21-10-8-6-4-2)29-53-41-39(52)37(50)40(33(28-45)55-41)56-42-38(51)36(49)35(48)32(27-44)54-42/h23,25,30-33,35-42,44-46,48-52H,3-22,24,26-29H2,1-2H3,(H,43,47)/b25-23+. The van der Waals surface area contributed by atoms with Gasteiger partial charge in [-0.15, -0.1) is 0 Å². The summed E-state index contributed by atoms with van der Waals surface area (Å²) in [6, 6.07) is -0.904. The smallest absolute Gasteiger partial charge is 0.220 e. The summed E-state index contributed by atoms with van der Waals surface area (Å²) in [6.45, 7) is 2.68. The second-order valence-electron chi connectivity index (χ2n) is 15.8. The molecular weight excluding hydrogens is 726 g/mol. The fraction of sp³-hybridized carbons (Fsp3) is 0.929. The number of amides is 1. The quantitative estimate of drug-likeness (QED) is 0.0350. The van der Waals surface area contributed by atoms with E-state index in [1.54, 1.807) is 6.08 Å². The van der Waals surface area contributed by atoms with Crippen molar-refractivity contribution in [1.82, 2.24) is 5.32 Å². The SMILES string of the molecule is CCCCCC/C=C/C(O)C(COC1OC(CO)C(OC2OC(CO)C(O)C(O)C2O)C(O)C1O)NC(=O)CCCCCCCCCCCCCCCCCC. The molecule has 14 nitrogen and oxygen atoms in total. The third-order valence-corrected chi connectivity index (χ3v) is 11.0. The molecule has 14 heteroatoms. The van der Waals surface area contributed by atoms with Crippen LogP contribution in [0.5, 0.6) is 0 Å². The number of carbonyl (C=O) groups excluding carboxylic acids is 1. The topological polar surface area (TPSA) is 228 Å². The Hall–Kier alpha value is -1.27. The number of hydrogen-bond donors (Lipinski definition) is 9. The van der Waals surface area contributed by atoms with Gasteiger partial charge < -0.3 is 65.1 Å². The Morgan fingerprint density at radius 1 is 0.625 bits per heavy atom. The van der Waals surface area contributed by atoms with Crippen LogP contribution in [0.25, 0.3) is 0 Å². The zero-order valence-corrected chi connectivity index (χ0v) is 34.4. The second kappa shape index (κ2) is 30.7. The van der Waals surface area contributed by atoms with Gasteiger partial charge in [0.2, 0.25) is 5.91 Å². The van der Waals surface area contributed by atoms with Crippen LogP contribution in [0.4, 0.5) is 0 Å². The van der Waals surface area contributed by atoms with Crippen molar-refractivity contribution >= 4 is 5.91 Å². The number of rotatable bonds is 32. The molecule has 0 radical (unpaired) electrons. The summed E-state index contributed by atoms with van der Waals surface area (Å²) in [6.07, 6.45) is 11.6. The highest BCUT2D eigenvalue weighted by Crippen LogP contribution is 2.30. The summed E-state index contributed by atoms with van der Waals surface area (Å²) in [5, 5.41) is 86.0. The molecular formula is C42H79NO13. The molecule has 0 bridgehead atoms. The van der Waals surface area contributed by atoms with Gasteiger partial charge in [-0.3, -0.25) is 4.79 Å². The number of ether oxygens (including phenoxy) is 4. The zero-order valence-electron chi connectivity index (χ0n) is 34.4. The number of unbranched alkanes of at least 4 members (excludes halogenated alkanes) is 19. The lowest BCUT2D eigenvalue weighted by molar-refractivity contribution is -0.359. The molecule has 0 aliphatic carbocycles. The van der Waals surface area contributed by atoms with E-state index < -0.39 is 86.8 Å². The van der Waals surface area contributed by atoms with Crippen molar-refractivity contribution in [2.75, 3.05) is 19.8 Å². The number of allylic oxidation sites excluding steroid dienone is 1. The van der Waals surface area contributed by atoms with Crippen molar-refractivity contribution in [3.8, 4) is 0 Å². The van der Waals surface area contributed by atoms with Crippen LogP contribution in [0.2, 0.25) is 0 Å².